The molecule has 1 atom stereocenters. The zero-order valence-electron chi connectivity index (χ0n) is 21.0. The Bertz CT molecular complexity index is 1500. The van der Waals surface area contributed by atoms with E-state index in [2.05, 4.69) is 25.6 Å². The third kappa shape index (κ3) is 4.82. The van der Waals surface area contributed by atoms with E-state index in [4.69, 9.17) is 10.5 Å². The Morgan fingerprint density at radius 3 is 2.84 bits per heavy atom. The first kappa shape index (κ1) is 24.6. The lowest BCUT2D eigenvalue weighted by atomic mass is 10.1. The minimum Gasteiger partial charge on any atom is -0.478 e. The standard InChI is InChI=1S/C26H31N7O4/c1-30-15-17(25(35)36)13-19(23(30)34)20-14-28-31(2)24(20)37-12-11-32-10-6-5-7-18(16-32)33-22-9-4-3-8-21(22)29-26(33)27/h3-4,8-9,13-15,18H,5-7,10-12,16H2,1-2H3,(H2,27,29)(H,35,36). The van der Waals surface area contributed by atoms with Gasteiger partial charge in [0.05, 0.1) is 33.9 Å². The summed E-state index contributed by atoms with van der Waals surface area (Å²) >= 11 is 0. The average molecular weight is 506 g/mol. The molecule has 1 aliphatic heterocycles. The summed E-state index contributed by atoms with van der Waals surface area (Å²) in [6.07, 6.45) is 6.04. The topological polar surface area (TPSA) is 133 Å². The Balaban J connectivity index is 1.32. The highest BCUT2D eigenvalue weighted by Gasteiger charge is 2.24. The monoisotopic (exact) mass is 505 g/mol. The number of likely N-dealkylation sites (tertiary alicyclic amines) is 1. The minimum atomic E-state index is -1.11. The maximum Gasteiger partial charge on any atom is 0.337 e. The van der Waals surface area contributed by atoms with E-state index in [1.807, 2.05) is 18.2 Å². The van der Waals surface area contributed by atoms with Crippen LogP contribution in [0.1, 0.15) is 35.7 Å². The molecule has 3 N–H and O–H groups in total. The number of aryl methyl sites for hydroxylation is 2. The van der Waals surface area contributed by atoms with Crippen LogP contribution in [0.2, 0.25) is 0 Å². The fourth-order valence-electron chi connectivity index (χ4n) is 5.13. The number of nitrogens with two attached hydrogens (primary N) is 1. The first-order chi connectivity index (χ1) is 17.8. The second kappa shape index (κ2) is 10.1. The summed E-state index contributed by atoms with van der Waals surface area (Å²) in [4.78, 5) is 31.2. The molecule has 0 spiro atoms. The van der Waals surface area contributed by atoms with Crippen LogP contribution < -0.4 is 16.0 Å². The summed E-state index contributed by atoms with van der Waals surface area (Å²) in [7, 11) is 3.26. The molecule has 1 unspecified atom stereocenters. The van der Waals surface area contributed by atoms with Crippen LogP contribution in [0.25, 0.3) is 22.2 Å². The Morgan fingerprint density at radius 1 is 1.22 bits per heavy atom. The molecule has 1 fully saturated rings. The van der Waals surface area contributed by atoms with Gasteiger partial charge in [-0.25, -0.2) is 14.5 Å². The normalized spacial score (nSPS) is 16.6. The van der Waals surface area contributed by atoms with Crippen molar-refractivity contribution in [2.24, 2.45) is 14.1 Å². The SMILES string of the molecule is Cn1ncc(-c2cc(C(=O)O)cn(C)c2=O)c1OCCN1CCCCC(n2c(N)nc3ccccc32)C1. The number of nitrogens with zero attached hydrogens (tertiary/aromatic N) is 6. The summed E-state index contributed by atoms with van der Waals surface area (Å²) < 4.78 is 11.1. The number of ether oxygens (including phenoxy) is 1. The van der Waals surface area contributed by atoms with E-state index < -0.39 is 5.97 Å². The Morgan fingerprint density at radius 2 is 2.03 bits per heavy atom. The number of carboxylic acid groups (broad SMARTS) is 1. The third-order valence-electron chi connectivity index (χ3n) is 6.97. The Kier molecular flexibility index (Phi) is 6.70. The smallest absolute Gasteiger partial charge is 0.337 e. The quantitative estimate of drug-likeness (QED) is 0.391. The van der Waals surface area contributed by atoms with Gasteiger partial charge in [0.2, 0.25) is 11.8 Å². The molecule has 11 heteroatoms. The zero-order valence-corrected chi connectivity index (χ0v) is 21.0. The van der Waals surface area contributed by atoms with E-state index in [1.165, 1.54) is 30.1 Å². The number of hydrogen-bond acceptors (Lipinski definition) is 7. The number of aromatic carboxylic acids is 1. The fourth-order valence-corrected chi connectivity index (χ4v) is 5.13. The van der Waals surface area contributed by atoms with Gasteiger partial charge >= 0.3 is 5.97 Å². The lowest BCUT2D eigenvalue weighted by molar-refractivity contribution is 0.0696. The second-order valence-electron chi connectivity index (χ2n) is 9.48. The molecule has 0 bridgehead atoms. The fraction of sp³-hybridized carbons (Fsp3) is 0.385. The van der Waals surface area contributed by atoms with Crippen LogP contribution in [-0.4, -0.2) is 66.1 Å². The molecule has 37 heavy (non-hydrogen) atoms. The number of imidazole rings is 1. The number of para-hydroxylation sites is 2. The van der Waals surface area contributed by atoms with E-state index >= 15 is 0 Å². The molecule has 3 aromatic heterocycles. The molecule has 4 aromatic rings. The first-order valence-electron chi connectivity index (χ1n) is 12.4. The summed E-state index contributed by atoms with van der Waals surface area (Å²) in [5.41, 5.74) is 8.69. The summed E-state index contributed by atoms with van der Waals surface area (Å²) in [5, 5.41) is 13.7. The van der Waals surface area contributed by atoms with Crippen LogP contribution in [0.3, 0.4) is 0 Å². The van der Waals surface area contributed by atoms with E-state index in [-0.39, 0.29) is 22.7 Å². The van der Waals surface area contributed by atoms with Gasteiger partial charge in [-0.2, -0.15) is 5.10 Å². The van der Waals surface area contributed by atoms with Crippen LogP contribution in [-0.2, 0) is 14.1 Å². The molecule has 1 aromatic carbocycles. The molecule has 0 amide bonds. The van der Waals surface area contributed by atoms with Crippen LogP contribution >= 0.6 is 0 Å². The van der Waals surface area contributed by atoms with Gasteiger partial charge in [0.1, 0.15) is 6.61 Å². The van der Waals surface area contributed by atoms with Gasteiger partial charge in [-0.15, -0.1) is 0 Å². The van der Waals surface area contributed by atoms with Crippen molar-refractivity contribution in [2.45, 2.75) is 25.3 Å². The van der Waals surface area contributed by atoms with E-state index in [1.54, 1.807) is 11.7 Å². The van der Waals surface area contributed by atoms with Crippen LogP contribution in [0.5, 0.6) is 5.88 Å². The zero-order chi connectivity index (χ0) is 26.1. The van der Waals surface area contributed by atoms with Gasteiger partial charge in [0, 0.05) is 39.4 Å². The van der Waals surface area contributed by atoms with Crippen molar-refractivity contribution in [3.8, 4) is 17.0 Å². The molecule has 4 heterocycles. The van der Waals surface area contributed by atoms with E-state index in [9.17, 15) is 14.7 Å². The van der Waals surface area contributed by atoms with Crippen LogP contribution in [0.15, 0.2) is 47.5 Å². The highest BCUT2D eigenvalue weighted by atomic mass is 16.5. The van der Waals surface area contributed by atoms with E-state index in [0.29, 0.717) is 30.5 Å². The van der Waals surface area contributed by atoms with Crippen molar-refractivity contribution in [1.29, 1.82) is 0 Å². The van der Waals surface area contributed by atoms with Gasteiger partial charge in [-0.3, -0.25) is 9.69 Å². The summed E-state index contributed by atoms with van der Waals surface area (Å²) in [6, 6.07) is 9.60. The van der Waals surface area contributed by atoms with E-state index in [0.717, 1.165) is 43.4 Å². The van der Waals surface area contributed by atoms with Gasteiger partial charge in [0.15, 0.2) is 0 Å². The molecule has 5 rings (SSSR count). The highest BCUT2D eigenvalue weighted by Crippen LogP contribution is 2.30. The second-order valence-corrected chi connectivity index (χ2v) is 9.48. The van der Waals surface area contributed by atoms with Gasteiger partial charge in [-0.1, -0.05) is 18.6 Å². The predicted octanol–water partition coefficient (Wildman–Crippen LogP) is 2.52. The lowest BCUT2D eigenvalue weighted by Gasteiger charge is -2.26. The summed E-state index contributed by atoms with van der Waals surface area (Å²) in [5.74, 6) is -0.143. The molecular weight excluding hydrogens is 474 g/mol. The average Bonchev–Trinajstić information content (AvgIpc) is 3.30. The largest absolute Gasteiger partial charge is 0.478 e. The number of aromatic nitrogens is 5. The highest BCUT2D eigenvalue weighted by molar-refractivity contribution is 5.89. The number of anilines is 1. The van der Waals surface area contributed by atoms with Crippen LogP contribution in [0, 0.1) is 0 Å². The van der Waals surface area contributed by atoms with Crippen molar-refractivity contribution in [3.05, 3.63) is 58.6 Å². The number of carbonyl (C=O) groups is 1. The minimum absolute atomic E-state index is 0.0220. The number of hydrogen-bond donors (Lipinski definition) is 2. The number of pyridine rings is 1. The van der Waals surface area contributed by atoms with Crippen LogP contribution in [0.4, 0.5) is 5.95 Å². The molecule has 0 saturated carbocycles. The number of benzene rings is 1. The number of fused-ring (bicyclic) bond motifs is 1. The Labute approximate surface area is 213 Å². The maximum absolute atomic E-state index is 12.8. The lowest BCUT2D eigenvalue weighted by Crippen LogP contribution is -2.33. The molecule has 1 aliphatic rings. The predicted molar refractivity (Wildman–Crippen MR) is 140 cm³/mol. The van der Waals surface area contributed by atoms with Crippen molar-refractivity contribution in [3.63, 3.8) is 0 Å². The molecule has 194 valence electrons. The van der Waals surface area contributed by atoms with Crippen molar-refractivity contribution >= 4 is 23.0 Å². The van der Waals surface area contributed by atoms with Crippen molar-refractivity contribution in [2.75, 3.05) is 32.0 Å². The molecule has 1 saturated heterocycles. The Hall–Kier alpha value is -4.12. The number of nitrogen functional groups attached to an aromatic ring is 1. The number of rotatable bonds is 7. The summed E-state index contributed by atoms with van der Waals surface area (Å²) in [6.45, 7) is 2.85. The maximum atomic E-state index is 12.8. The van der Waals surface area contributed by atoms with Gasteiger partial charge in [-0.05, 0) is 37.6 Å². The van der Waals surface area contributed by atoms with Crippen molar-refractivity contribution in [1.82, 2.24) is 28.8 Å². The molecule has 0 radical (unpaired) electrons. The molecule has 11 nitrogen and oxygen atoms in total. The van der Waals surface area contributed by atoms with Crippen molar-refractivity contribution < 1.29 is 14.6 Å². The molecule has 0 aliphatic carbocycles. The number of carboxylic acids is 1. The molecular formula is C26H31N7O4. The third-order valence-corrected chi connectivity index (χ3v) is 6.97. The first-order valence-corrected chi connectivity index (χ1v) is 12.4. The van der Waals surface area contributed by atoms with Gasteiger partial charge < -0.3 is 24.7 Å². The van der Waals surface area contributed by atoms with Gasteiger partial charge in [0.25, 0.3) is 5.56 Å².